The summed E-state index contributed by atoms with van der Waals surface area (Å²) in [5, 5.41) is 0. The van der Waals surface area contributed by atoms with Gasteiger partial charge in [0.15, 0.2) is 0 Å². The third-order valence-electron chi connectivity index (χ3n) is 0.912. The molecule has 11 heavy (non-hydrogen) atoms. The van der Waals surface area contributed by atoms with Gasteiger partial charge in [0.1, 0.15) is 0 Å². The molecular weight excluding hydrogens is 232 g/mol. The largest absolute Gasteiger partial charge is 0.0770 e. The maximum Gasteiger partial charge on any atom is 0.0770 e. The molecule has 66 valence electrons. The summed E-state index contributed by atoms with van der Waals surface area (Å²) in [5.74, 6) is 0. The molecule has 1 heterocycles. The lowest BCUT2D eigenvalue weighted by Crippen LogP contribution is -2.06. The predicted octanol–water partition coefficient (Wildman–Crippen LogP) is 4.88. The van der Waals surface area contributed by atoms with Gasteiger partial charge < -0.3 is 0 Å². The Hall–Kier alpha value is 1.75. The van der Waals surface area contributed by atoms with Crippen molar-refractivity contribution in [3.05, 3.63) is 0 Å². The van der Waals surface area contributed by atoms with Crippen molar-refractivity contribution in [3.63, 3.8) is 0 Å². The Labute approximate surface area is 88.4 Å². The van der Waals surface area contributed by atoms with Crippen molar-refractivity contribution in [2.45, 2.75) is 35.9 Å². The Morgan fingerprint density at radius 1 is 0.636 bits per heavy atom. The van der Waals surface area contributed by atoms with E-state index in [1.165, 1.54) is 0 Å². The molecule has 0 atom stereocenters. The summed E-state index contributed by atoms with van der Waals surface area (Å²) >= 11 is 0. The van der Waals surface area contributed by atoms with Crippen molar-refractivity contribution in [3.8, 4) is 0 Å². The number of hydrogen-bond donors (Lipinski definition) is 0. The van der Waals surface area contributed by atoms with E-state index in [-0.39, 0.29) is 0 Å². The quantitative estimate of drug-likeness (QED) is 0.555. The second kappa shape index (κ2) is 3.86. The molecule has 0 N–H and O–H groups in total. The number of rotatable bonds is 0. The SMILES string of the molecule is CC1(C)SSSC(C)(C)SS1. The molecule has 0 saturated carbocycles. The highest BCUT2D eigenvalue weighted by Crippen LogP contribution is 2.64. The fourth-order valence-electron chi connectivity index (χ4n) is 0.409. The van der Waals surface area contributed by atoms with E-state index in [2.05, 4.69) is 27.7 Å². The topological polar surface area (TPSA) is 0 Å². The van der Waals surface area contributed by atoms with Crippen LogP contribution in [0.15, 0.2) is 0 Å². The molecule has 0 bridgehead atoms. The first-order chi connectivity index (χ1) is 4.91. The summed E-state index contributed by atoms with van der Waals surface area (Å²) < 4.78 is 0.714. The Morgan fingerprint density at radius 3 is 1.36 bits per heavy atom. The van der Waals surface area contributed by atoms with Gasteiger partial charge in [-0.3, -0.25) is 0 Å². The van der Waals surface area contributed by atoms with Gasteiger partial charge in [0.05, 0.1) is 8.16 Å². The molecule has 0 aromatic carbocycles. The van der Waals surface area contributed by atoms with Crippen LogP contribution in [0.25, 0.3) is 0 Å². The molecule has 1 rings (SSSR count). The first kappa shape index (κ1) is 10.8. The zero-order valence-electron chi connectivity index (χ0n) is 7.04. The van der Waals surface area contributed by atoms with Crippen LogP contribution in [0, 0.1) is 0 Å². The third-order valence-corrected chi connectivity index (χ3v) is 11.9. The van der Waals surface area contributed by atoms with E-state index >= 15 is 0 Å². The first-order valence-electron chi connectivity index (χ1n) is 3.32. The highest BCUT2D eigenvalue weighted by Gasteiger charge is 2.32. The monoisotopic (exact) mass is 244 g/mol. The van der Waals surface area contributed by atoms with Gasteiger partial charge in [-0.25, -0.2) is 0 Å². The second-order valence-corrected chi connectivity index (χ2v) is 12.2. The number of hydrogen-bond acceptors (Lipinski definition) is 5. The van der Waals surface area contributed by atoms with Gasteiger partial charge in [-0.05, 0) is 37.5 Å². The van der Waals surface area contributed by atoms with Crippen LogP contribution in [0.1, 0.15) is 27.7 Å². The van der Waals surface area contributed by atoms with Crippen molar-refractivity contribution in [2.75, 3.05) is 0 Å². The molecule has 0 amide bonds. The molecule has 0 aliphatic carbocycles. The van der Waals surface area contributed by atoms with Crippen LogP contribution in [0.2, 0.25) is 0 Å². The van der Waals surface area contributed by atoms with E-state index in [1.807, 2.05) is 53.0 Å². The molecule has 0 radical (unpaired) electrons. The third kappa shape index (κ3) is 3.98. The van der Waals surface area contributed by atoms with E-state index in [9.17, 15) is 0 Å². The average Bonchev–Trinajstić information content (AvgIpc) is 1.92. The van der Waals surface area contributed by atoms with Crippen LogP contribution in [0.4, 0.5) is 0 Å². The van der Waals surface area contributed by atoms with Crippen molar-refractivity contribution in [2.24, 2.45) is 0 Å². The molecule has 1 fully saturated rings. The summed E-state index contributed by atoms with van der Waals surface area (Å²) in [7, 11) is 9.82. The highest BCUT2D eigenvalue weighted by atomic mass is 33.5. The maximum atomic E-state index is 2.28. The zero-order chi connectivity index (χ0) is 8.54. The predicted molar refractivity (Wildman–Crippen MR) is 66.1 cm³/mol. The van der Waals surface area contributed by atoms with E-state index < -0.39 is 0 Å². The lowest BCUT2D eigenvalue weighted by atomic mass is 10.5. The minimum Gasteiger partial charge on any atom is -0.0745 e. The van der Waals surface area contributed by atoms with Gasteiger partial charge in [0.2, 0.25) is 0 Å². The zero-order valence-corrected chi connectivity index (χ0v) is 11.1. The Balaban J connectivity index is 2.53. The molecule has 0 spiro atoms. The smallest absolute Gasteiger partial charge is 0.0745 e. The van der Waals surface area contributed by atoms with Gasteiger partial charge in [-0.15, -0.1) is 0 Å². The lowest BCUT2D eigenvalue weighted by Gasteiger charge is -2.20. The van der Waals surface area contributed by atoms with Gasteiger partial charge in [0.25, 0.3) is 0 Å². The van der Waals surface area contributed by atoms with Crippen LogP contribution < -0.4 is 0 Å². The van der Waals surface area contributed by atoms with Crippen molar-refractivity contribution >= 4 is 53.0 Å². The average molecular weight is 244 g/mol. The molecule has 1 aliphatic rings. The van der Waals surface area contributed by atoms with Crippen LogP contribution in [0.3, 0.4) is 0 Å². The molecule has 0 unspecified atom stereocenters. The van der Waals surface area contributed by atoms with Crippen LogP contribution in [0.5, 0.6) is 0 Å². The van der Waals surface area contributed by atoms with E-state index in [0.717, 1.165) is 0 Å². The Morgan fingerprint density at radius 2 is 1.00 bits per heavy atom. The van der Waals surface area contributed by atoms with Crippen molar-refractivity contribution in [1.82, 2.24) is 0 Å². The van der Waals surface area contributed by atoms with Crippen molar-refractivity contribution in [1.29, 1.82) is 0 Å². The molecule has 1 saturated heterocycles. The normalized spacial score (nSPS) is 29.5. The van der Waals surface area contributed by atoms with Gasteiger partial charge >= 0.3 is 0 Å². The van der Waals surface area contributed by atoms with E-state index in [4.69, 9.17) is 0 Å². The molecule has 0 aromatic rings. The summed E-state index contributed by atoms with van der Waals surface area (Å²) in [6.07, 6.45) is 0. The van der Waals surface area contributed by atoms with Gasteiger partial charge in [-0.2, -0.15) is 0 Å². The fraction of sp³-hybridized carbons (Fsp3) is 1.00. The molecule has 1 aliphatic heterocycles. The van der Waals surface area contributed by atoms with E-state index in [1.54, 1.807) is 0 Å². The minimum atomic E-state index is 0.357. The standard InChI is InChI=1S/C6H12S5/c1-5(2)7-8-6(3,4)10-11-9-5/h1-4H3. The van der Waals surface area contributed by atoms with Gasteiger partial charge in [-0.1, -0.05) is 43.2 Å². The molecule has 0 aromatic heterocycles. The van der Waals surface area contributed by atoms with Gasteiger partial charge in [0, 0.05) is 0 Å². The minimum absolute atomic E-state index is 0.357. The lowest BCUT2D eigenvalue weighted by molar-refractivity contribution is 1.04. The van der Waals surface area contributed by atoms with Crippen LogP contribution in [-0.4, -0.2) is 8.16 Å². The van der Waals surface area contributed by atoms with Crippen LogP contribution >= 0.6 is 53.0 Å². The van der Waals surface area contributed by atoms with Crippen LogP contribution in [-0.2, 0) is 0 Å². The summed E-state index contributed by atoms with van der Waals surface area (Å²) in [6, 6.07) is 0. The molecule has 5 heteroatoms. The Kier molecular flexibility index (Phi) is 3.80. The maximum absolute atomic E-state index is 2.28. The highest BCUT2D eigenvalue weighted by molar-refractivity contribution is 9.13. The van der Waals surface area contributed by atoms with Crippen molar-refractivity contribution < 1.29 is 0 Å². The summed E-state index contributed by atoms with van der Waals surface area (Å²) in [4.78, 5) is 0. The van der Waals surface area contributed by atoms with E-state index in [0.29, 0.717) is 8.16 Å². The Bertz CT molecular complexity index is 126. The first-order valence-corrected chi connectivity index (χ1v) is 8.95. The molecule has 0 nitrogen and oxygen atoms in total. The molecular formula is C6H12S5. The summed E-state index contributed by atoms with van der Waals surface area (Å²) in [5.41, 5.74) is 0. The summed E-state index contributed by atoms with van der Waals surface area (Å²) in [6.45, 7) is 9.13. The fourth-order valence-corrected chi connectivity index (χ4v) is 11.1. The second-order valence-electron chi connectivity index (χ2n) is 3.20.